The number of halogens is 4. The largest absolute Gasteiger partial charge is 0.295 e. The van der Waals surface area contributed by atoms with E-state index in [0.29, 0.717) is 21.7 Å². The summed E-state index contributed by atoms with van der Waals surface area (Å²) in [4.78, 5) is 12.9. The lowest BCUT2D eigenvalue weighted by Crippen LogP contribution is -2.31. The van der Waals surface area contributed by atoms with Gasteiger partial charge in [-0.1, -0.05) is 23.2 Å². The summed E-state index contributed by atoms with van der Waals surface area (Å²) in [6.45, 7) is 0. The minimum Gasteiger partial charge on any atom is -0.295 e. The maximum atomic E-state index is 13.8. The maximum absolute atomic E-state index is 13.8. The maximum Gasteiger partial charge on any atom is 0.290 e. The van der Waals surface area contributed by atoms with Crippen molar-refractivity contribution in [2.24, 2.45) is 0 Å². The Bertz CT molecular complexity index is 1180. The molecule has 30 heavy (non-hydrogen) atoms. The fraction of sp³-hybridized carbons (Fsp3) is 0.238. The van der Waals surface area contributed by atoms with Crippen molar-refractivity contribution >= 4 is 34.8 Å². The van der Waals surface area contributed by atoms with Crippen LogP contribution in [0.5, 0.6) is 0 Å². The number of nitrogens with zero attached hydrogens (tertiary/aromatic N) is 2. The van der Waals surface area contributed by atoms with Crippen LogP contribution >= 0.6 is 23.2 Å². The van der Waals surface area contributed by atoms with Crippen molar-refractivity contribution < 1.29 is 13.6 Å². The summed E-state index contributed by atoms with van der Waals surface area (Å²) in [5, 5.41) is 5.52. The number of benzene rings is 2. The van der Waals surface area contributed by atoms with Gasteiger partial charge in [0.1, 0.15) is 5.82 Å². The van der Waals surface area contributed by atoms with Gasteiger partial charge in [-0.25, -0.2) is 13.5 Å². The van der Waals surface area contributed by atoms with Crippen LogP contribution in [0.1, 0.15) is 52.8 Å². The first-order valence-corrected chi connectivity index (χ1v) is 10.3. The molecule has 9 heteroatoms. The Morgan fingerprint density at radius 1 is 1.10 bits per heavy atom. The summed E-state index contributed by atoms with van der Waals surface area (Å²) in [5.74, 6) is -1.43. The number of hydrogen-bond acceptors (Lipinski definition) is 3. The zero-order valence-electron chi connectivity index (χ0n) is 15.6. The molecule has 2 aliphatic rings. The molecule has 5 rings (SSSR count). The monoisotopic (exact) mass is 448 g/mol. The number of carbonyl (C=O) groups is 1. The Morgan fingerprint density at radius 2 is 1.90 bits per heavy atom. The average Bonchev–Trinajstić information content (AvgIpc) is 3.40. The number of anilines is 1. The third kappa shape index (κ3) is 3.13. The lowest BCUT2D eigenvalue weighted by atomic mass is 9.95. The predicted molar refractivity (Wildman–Crippen MR) is 110 cm³/mol. The van der Waals surface area contributed by atoms with Crippen molar-refractivity contribution in [2.45, 2.75) is 31.1 Å². The Kier molecular flexibility index (Phi) is 4.67. The van der Waals surface area contributed by atoms with Gasteiger partial charge in [-0.05, 0) is 55.5 Å². The van der Waals surface area contributed by atoms with E-state index in [4.69, 9.17) is 23.2 Å². The van der Waals surface area contributed by atoms with Crippen molar-refractivity contribution in [2.75, 3.05) is 5.43 Å². The molecule has 1 heterocycles. The zero-order valence-corrected chi connectivity index (χ0v) is 17.1. The molecule has 2 unspecified atom stereocenters. The molecule has 1 saturated carbocycles. The first-order chi connectivity index (χ1) is 14.4. The number of hydrogen-bond donors (Lipinski definition) is 2. The highest BCUT2D eigenvalue weighted by Gasteiger charge is 2.44. The van der Waals surface area contributed by atoms with E-state index in [9.17, 15) is 13.6 Å². The Balaban J connectivity index is 1.50. The molecule has 1 amide bonds. The molecule has 1 aromatic heterocycles. The van der Waals surface area contributed by atoms with Crippen LogP contribution in [-0.2, 0) is 0 Å². The molecule has 0 spiro atoms. The molecule has 2 aliphatic carbocycles. The molecule has 2 aromatic carbocycles. The van der Waals surface area contributed by atoms with E-state index in [1.807, 2.05) is 0 Å². The topological polar surface area (TPSA) is 59.0 Å². The molecular weight excluding hydrogens is 433 g/mol. The molecule has 2 bridgehead atoms. The van der Waals surface area contributed by atoms with Gasteiger partial charge in [0.2, 0.25) is 0 Å². The molecule has 5 nitrogen and oxygen atoms in total. The molecule has 3 aromatic rings. The second kappa shape index (κ2) is 7.25. The first kappa shape index (κ1) is 19.3. The van der Waals surface area contributed by atoms with Gasteiger partial charge in [0.25, 0.3) is 5.91 Å². The van der Waals surface area contributed by atoms with Crippen molar-refractivity contribution in [3.05, 3.63) is 75.0 Å². The number of amides is 1. The van der Waals surface area contributed by atoms with E-state index in [1.54, 1.807) is 22.9 Å². The molecule has 0 radical (unpaired) electrons. The predicted octanol–water partition coefficient (Wildman–Crippen LogP) is 5.58. The van der Waals surface area contributed by atoms with Crippen molar-refractivity contribution in [1.82, 2.24) is 15.2 Å². The average molecular weight is 449 g/mol. The third-order valence-electron chi connectivity index (χ3n) is 5.78. The van der Waals surface area contributed by atoms with E-state index in [1.165, 1.54) is 6.07 Å². The number of fused-ring (bicyclic) bond motifs is 5. The highest BCUT2D eigenvalue weighted by atomic mass is 35.5. The summed E-state index contributed by atoms with van der Waals surface area (Å²) in [7, 11) is 0. The Labute approximate surface area is 180 Å². The van der Waals surface area contributed by atoms with Gasteiger partial charge in [-0.3, -0.25) is 15.6 Å². The first-order valence-electron chi connectivity index (χ1n) is 9.52. The second-order valence-corrected chi connectivity index (χ2v) is 8.41. The van der Waals surface area contributed by atoms with Crippen LogP contribution in [0, 0.1) is 11.6 Å². The zero-order chi connectivity index (χ0) is 21.0. The molecule has 154 valence electrons. The third-order valence-corrected chi connectivity index (χ3v) is 6.32. The van der Waals surface area contributed by atoms with E-state index < -0.39 is 17.5 Å². The van der Waals surface area contributed by atoms with Gasteiger partial charge in [0, 0.05) is 22.6 Å². The van der Waals surface area contributed by atoms with Crippen LogP contribution in [0.25, 0.3) is 5.69 Å². The molecule has 2 N–H and O–H groups in total. The summed E-state index contributed by atoms with van der Waals surface area (Å²) in [5.41, 5.74) is 7.78. The Hall–Kier alpha value is -2.64. The number of aromatic nitrogens is 2. The van der Waals surface area contributed by atoms with E-state index in [0.717, 1.165) is 42.7 Å². The van der Waals surface area contributed by atoms with Crippen LogP contribution in [0.3, 0.4) is 0 Å². The van der Waals surface area contributed by atoms with Crippen LogP contribution in [-0.4, -0.2) is 15.7 Å². The van der Waals surface area contributed by atoms with Crippen LogP contribution in [0.15, 0.2) is 36.4 Å². The number of hydrazine groups is 1. The highest BCUT2D eigenvalue weighted by Crippen LogP contribution is 2.54. The number of rotatable bonds is 4. The fourth-order valence-electron chi connectivity index (χ4n) is 4.51. The molecule has 0 saturated heterocycles. The fourth-order valence-corrected chi connectivity index (χ4v) is 5.00. The van der Waals surface area contributed by atoms with Crippen LogP contribution in [0.2, 0.25) is 10.0 Å². The highest BCUT2D eigenvalue weighted by molar-refractivity contribution is 6.35. The summed E-state index contributed by atoms with van der Waals surface area (Å²) >= 11 is 12.4. The lowest BCUT2D eigenvalue weighted by molar-refractivity contribution is 0.0956. The normalized spacial score (nSPS) is 19.1. The minimum atomic E-state index is -0.807. The summed E-state index contributed by atoms with van der Waals surface area (Å²) < 4.78 is 28.7. The van der Waals surface area contributed by atoms with Crippen molar-refractivity contribution in [3.8, 4) is 5.69 Å². The number of carbonyl (C=O) groups excluding carboxylic acids is 1. The van der Waals surface area contributed by atoms with Crippen molar-refractivity contribution in [1.29, 1.82) is 0 Å². The van der Waals surface area contributed by atoms with Crippen LogP contribution in [0.4, 0.5) is 14.5 Å². The van der Waals surface area contributed by atoms with Gasteiger partial charge in [0.05, 0.1) is 22.1 Å². The lowest BCUT2D eigenvalue weighted by Gasteiger charge is -2.15. The molecule has 1 fully saturated rings. The standard InChI is InChI=1S/C21H16Cl2F2N4O/c22-12-3-6-17(14(23)8-12)29-20-11-2-1-10(7-11)18(20)19(28-29)21(30)27-26-16-5-4-13(24)9-15(16)25/h3-6,8-11,26H,1-2,7H2,(H,27,30). The van der Waals surface area contributed by atoms with Gasteiger partial charge in [0.15, 0.2) is 11.5 Å². The van der Waals surface area contributed by atoms with E-state index in [-0.39, 0.29) is 17.3 Å². The molecule has 0 aliphatic heterocycles. The van der Waals surface area contributed by atoms with Gasteiger partial charge >= 0.3 is 0 Å². The SMILES string of the molecule is O=C(NNc1ccc(F)cc1F)c1nn(-c2ccc(Cl)cc2Cl)c2c1C1CCC2C1. The quantitative estimate of drug-likeness (QED) is 0.512. The molecular formula is C21H16Cl2F2N4O. The van der Waals surface area contributed by atoms with Gasteiger partial charge in [-0.2, -0.15) is 5.10 Å². The van der Waals surface area contributed by atoms with Crippen molar-refractivity contribution in [3.63, 3.8) is 0 Å². The minimum absolute atomic E-state index is 0.0388. The number of nitrogens with one attached hydrogen (secondary N) is 2. The van der Waals surface area contributed by atoms with Gasteiger partial charge in [-0.15, -0.1) is 0 Å². The van der Waals surface area contributed by atoms with Gasteiger partial charge < -0.3 is 0 Å². The molecule has 2 atom stereocenters. The Morgan fingerprint density at radius 3 is 2.67 bits per heavy atom. The van der Waals surface area contributed by atoms with E-state index in [2.05, 4.69) is 16.0 Å². The smallest absolute Gasteiger partial charge is 0.290 e. The van der Waals surface area contributed by atoms with Crippen LogP contribution < -0.4 is 10.9 Å². The summed E-state index contributed by atoms with van der Waals surface area (Å²) in [6, 6.07) is 8.19. The van der Waals surface area contributed by atoms with E-state index >= 15 is 0 Å². The second-order valence-electron chi connectivity index (χ2n) is 7.57. The summed E-state index contributed by atoms with van der Waals surface area (Å²) in [6.07, 6.45) is 3.01.